The molecule has 0 radical (unpaired) electrons. The maximum atomic E-state index is 5.38. The van der Waals surface area contributed by atoms with Crippen molar-refractivity contribution in [2.45, 2.75) is 0 Å². The van der Waals surface area contributed by atoms with Gasteiger partial charge in [-0.2, -0.15) is 0 Å². The lowest BCUT2D eigenvalue weighted by Crippen LogP contribution is -2.03. The van der Waals surface area contributed by atoms with Crippen LogP contribution in [0.4, 0.5) is 0 Å². The predicted molar refractivity (Wildman–Crippen MR) is 253 cm³/mol. The van der Waals surface area contributed by atoms with Crippen LogP contribution < -0.4 is 0 Å². The van der Waals surface area contributed by atoms with Crippen LogP contribution in [-0.2, 0) is 0 Å². The van der Waals surface area contributed by atoms with Crippen LogP contribution in [0.25, 0.3) is 112 Å². The first-order valence-electron chi connectivity index (χ1n) is 20.8. The van der Waals surface area contributed by atoms with E-state index in [1.54, 1.807) is 0 Å². The summed E-state index contributed by atoms with van der Waals surface area (Å²) in [5.74, 6) is 1.32. The van der Waals surface area contributed by atoms with Crippen molar-refractivity contribution >= 4 is 43.7 Å². The van der Waals surface area contributed by atoms with Crippen molar-refractivity contribution in [3.63, 3.8) is 0 Å². The van der Waals surface area contributed by atoms with Gasteiger partial charge in [-0.1, -0.05) is 170 Å². The average molecular weight is 793 g/mol. The van der Waals surface area contributed by atoms with Crippen LogP contribution in [0.5, 0.6) is 0 Å². The molecule has 0 spiro atoms. The number of nitrogens with zero attached hydrogens (tertiary/aromatic N) is 6. The molecule has 62 heavy (non-hydrogen) atoms. The average Bonchev–Trinajstić information content (AvgIpc) is 3.87. The molecular weight excluding hydrogens is 757 g/mol. The molecule has 6 nitrogen and oxygen atoms in total. The van der Waals surface area contributed by atoms with Crippen molar-refractivity contribution in [3.8, 4) is 67.9 Å². The van der Waals surface area contributed by atoms with Crippen molar-refractivity contribution in [2.75, 3.05) is 0 Å². The van der Waals surface area contributed by atoms with Crippen LogP contribution in [0.3, 0.4) is 0 Å². The third kappa shape index (κ3) is 5.96. The minimum absolute atomic E-state index is 0.627. The molecule has 0 amide bonds. The SMILES string of the molecule is c1ccc(-c2cc(-c3ccccc3)nc(-n3c4ccccc4c4cc(-c5ccc6c(c5)c5nc(-c7ccccc7)nc(-c7ccccc7)c5n6-c5ccccc5)ccc43)n2)cc1. The monoisotopic (exact) mass is 792 g/mol. The second-order valence-corrected chi connectivity index (χ2v) is 15.5. The standard InChI is InChI=1S/C56H36N6/c1-6-18-37(19-7-1)47-36-48(38-20-8-2-9-21-38)58-56(57-47)62-49-29-17-16-28-44(49)45-34-41(30-32-50(45)62)42-31-33-51-46(35-42)53-54(61(51)43-26-14-5-15-27-43)52(39-22-10-3-11-23-39)59-55(60-53)40-24-12-4-13-25-40/h1-36H. The number of hydrogen-bond acceptors (Lipinski definition) is 4. The molecule has 0 atom stereocenters. The van der Waals surface area contributed by atoms with Crippen molar-refractivity contribution in [3.05, 3.63) is 218 Å². The highest BCUT2D eigenvalue weighted by atomic mass is 15.2. The number of aromatic nitrogens is 6. The zero-order valence-corrected chi connectivity index (χ0v) is 33.5. The van der Waals surface area contributed by atoms with E-state index in [-0.39, 0.29) is 0 Å². The van der Waals surface area contributed by atoms with Gasteiger partial charge in [-0.25, -0.2) is 19.9 Å². The van der Waals surface area contributed by atoms with Gasteiger partial charge in [0.25, 0.3) is 0 Å². The molecule has 8 aromatic carbocycles. The second kappa shape index (κ2) is 14.7. The number of rotatable bonds is 7. The number of fused-ring (bicyclic) bond motifs is 6. The lowest BCUT2D eigenvalue weighted by molar-refractivity contribution is 0.995. The number of para-hydroxylation sites is 2. The van der Waals surface area contributed by atoms with Crippen LogP contribution in [0.2, 0.25) is 0 Å². The Morgan fingerprint density at radius 1 is 0.306 bits per heavy atom. The zero-order valence-electron chi connectivity index (χ0n) is 33.5. The van der Waals surface area contributed by atoms with Crippen LogP contribution >= 0.6 is 0 Å². The van der Waals surface area contributed by atoms with E-state index < -0.39 is 0 Å². The first kappa shape index (κ1) is 35.5. The third-order valence-electron chi connectivity index (χ3n) is 11.8. The summed E-state index contributed by atoms with van der Waals surface area (Å²) in [6, 6.07) is 76.0. The first-order valence-corrected chi connectivity index (χ1v) is 20.8. The molecule has 0 bridgehead atoms. The lowest BCUT2D eigenvalue weighted by atomic mass is 10.0. The molecule has 290 valence electrons. The summed E-state index contributed by atoms with van der Waals surface area (Å²) in [5.41, 5.74) is 15.0. The number of benzene rings is 8. The Kier molecular flexibility index (Phi) is 8.38. The summed E-state index contributed by atoms with van der Waals surface area (Å²) < 4.78 is 4.52. The van der Waals surface area contributed by atoms with E-state index >= 15 is 0 Å². The van der Waals surface area contributed by atoms with Gasteiger partial charge in [-0.3, -0.25) is 4.57 Å². The Hall–Kier alpha value is -8.48. The largest absolute Gasteiger partial charge is 0.306 e. The van der Waals surface area contributed by atoms with Gasteiger partial charge in [0.05, 0.1) is 39.1 Å². The molecule has 0 aliphatic rings. The quantitative estimate of drug-likeness (QED) is 0.161. The van der Waals surface area contributed by atoms with Gasteiger partial charge < -0.3 is 4.57 Å². The van der Waals surface area contributed by atoms with Crippen LogP contribution in [0.15, 0.2) is 218 Å². The Balaban J connectivity index is 1.08. The highest BCUT2D eigenvalue weighted by molar-refractivity contribution is 6.14. The van der Waals surface area contributed by atoms with E-state index in [1.807, 2.05) is 36.4 Å². The van der Waals surface area contributed by atoms with E-state index in [0.717, 1.165) is 99.9 Å². The van der Waals surface area contributed by atoms with Crippen molar-refractivity contribution in [1.29, 1.82) is 0 Å². The molecule has 0 saturated heterocycles. The minimum Gasteiger partial charge on any atom is -0.306 e. The van der Waals surface area contributed by atoms with Gasteiger partial charge in [-0.05, 0) is 59.7 Å². The van der Waals surface area contributed by atoms with E-state index in [0.29, 0.717) is 11.8 Å². The summed E-state index contributed by atoms with van der Waals surface area (Å²) in [6.07, 6.45) is 0. The Bertz CT molecular complexity index is 3540. The Morgan fingerprint density at radius 2 is 0.790 bits per heavy atom. The zero-order chi connectivity index (χ0) is 41.0. The van der Waals surface area contributed by atoms with Gasteiger partial charge in [0.15, 0.2) is 5.82 Å². The van der Waals surface area contributed by atoms with Gasteiger partial charge in [0.1, 0.15) is 5.52 Å². The van der Waals surface area contributed by atoms with E-state index in [4.69, 9.17) is 19.9 Å². The van der Waals surface area contributed by atoms with Gasteiger partial charge in [0, 0.05) is 44.1 Å². The van der Waals surface area contributed by atoms with E-state index in [9.17, 15) is 0 Å². The van der Waals surface area contributed by atoms with Gasteiger partial charge >= 0.3 is 0 Å². The minimum atomic E-state index is 0.627. The molecule has 12 rings (SSSR count). The molecular formula is C56H36N6. The molecule has 0 aliphatic heterocycles. The van der Waals surface area contributed by atoms with Crippen molar-refractivity contribution in [1.82, 2.24) is 29.1 Å². The first-order chi connectivity index (χ1) is 30.7. The van der Waals surface area contributed by atoms with E-state index in [1.165, 1.54) is 0 Å². The molecule has 6 heteroatoms. The highest BCUT2D eigenvalue weighted by Gasteiger charge is 2.23. The summed E-state index contributed by atoms with van der Waals surface area (Å²) in [4.78, 5) is 21.1. The summed E-state index contributed by atoms with van der Waals surface area (Å²) in [5, 5.41) is 3.31. The molecule has 12 aromatic rings. The van der Waals surface area contributed by atoms with Crippen LogP contribution in [0.1, 0.15) is 0 Å². The molecule has 4 heterocycles. The third-order valence-corrected chi connectivity index (χ3v) is 11.8. The molecule has 4 aromatic heterocycles. The maximum Gasteiger partial charge on any atom is 0.235 e. The molecule has 0 aliphatic carbocycles. The Labute approximate surface area is 357 Å². The molecule has 0 N–H and O–H groups in total. The molecule has 0 unspecified atom stereocenters. The van der Waals surface area contributed by atoms with Gasteiger partial charge in [0.2, 0.25) is 5.95 Å². The van der Waals surface area contributed by atoms with E-state index in [2.05, 4.69) is 191 Å². The van der Waals surface area contributed by atoms with Crippen LogP contribution in [-0.4, -0.2) is 29.1 Å². The molecule has 0 saturated carbocycles. The van der Waals surface area contributed by atoms with Gasteiger partial charge in [-0.15, -0.1) is 0 Å². The summed E-state index contributed by atoms with van der Waals surface area (Å²) in [6.45, 7) is 0. The maximum absolute atomic E-state index is 5.38. The molecule has 0 fully saturated rings. The normalized spacial score (nSPS) is 11.5. The summed E-state index contributed by atoms with van der Waals surface area (Å²) in [7, 11) is 0. The second-order valence-electron chi connectivity index (χ2n) is 15.5. The fourth-order valence-electron chi connectivity index (χ4n) is 8.85. The van der Waals surface area contributed by atoms with Crippen LogP contribution in [0, 0.1) is 0 Å². The smallest absolute Gasteiger partial charge is 0.235 e. The van der Waals surface area contributed by atoms with Crippen molar-refractivity contribution < 1.29 is 0 Å². The highest BCUT2D eigenvalue weighted by Crippen LogP contribution is 2.41. The van der Waals surface area contributed by atoms with Crippen molar-refractivity contribution in [2.24, 2.45) is 0 Å². The topological polar surface area (TPSA) is 61.4 Å². The summed E-state index contributed by atoms with van der Waals surface area (Å²) >= 11 is 0. The predicted octanol–water partition coefficient (Wildman–Crippen LogP) is 13.8. The Morgan fingerprint density at radius 3 is 1.40 bits per heavy atom. The fourth-order valence-corrected chi connectivity index (χ4v) is 8.85. The lowest BCUT2D eigenvalue weighted by Gasteiger charge is -2.12. The fraction of sp³-hybridized carbons (Fsp3) is 0. The number of hydrogen-bond donors (Lipinski definition) is 0.